The Kier molecular flexibility index (Phi) is 4.12. The van der Waals surface area contributed by atoms with Gasteiger partial charge in [0, 0.05) is 24.8 Å². The summed E-state index contributed by atoms with van der Waals surface area (Å²) in [6, 6.07) is 11.3. The molecule has 1 amide bonds. The number of benzene rings is 2. The standard InChI is InChI=1S/C19H15F2N3O2/c20-13-1-5-16(6-2-13)23-10-9-18-22-15(11-24(18)19(23)25)12-26-17-7-3-14(21)4-8-17/h1-8,11H,9-10,12H2. The first kappa shape index (κ1) is 16.3. The summed E-state index contributed by atoms with van der Waals surface area (Å²) in [5, 5.41) is 0. The van der Waals surface area contributed by atoms with Crippen molar-refractivity contribution >= 4 is 11.7 Å². The second-order valence-electron chi connectivity index (χ2n) is 5.92. The van der Waals surface area contributed by atoms with E-state index in [-0.39, 0.29) is 24.3 Å². The number of hydrogen-bond donors (Lipinski definition) is 0. The maximum Gasteiger partial charge on any atom is 0.334 e. The lowest BCUT2D eigenvalue weighted by Crippen LogP contribution is -2.41. The Morgan fingerprint density at radius 1 is 1.00 bits per heavy atom. The van der Waals surface area contributed by atoms with Crippen LogP contribution in [0.4, 0.5) is 19.3 Å². The summed E-state index contributed by atoms with van der Waals surface area (Å²) < 4.78 is 33.1. The molecule has 0 radical (unpaired) electrons. The van der Waals surface area contributed by atoms with Gasteiger partial charge in [-0.25, -0.2) is 18.6 Å². The molecule has 2 aromatic carbocycles. The van der Waals surface area contributed by atoms with Gasteiger partial charge in [-0.05, 0) is 48.5 Å². The zero-order valence-corrected chi connectivity index (χ0v) is 13.7. The van der Waals surface area contributed by atoms with E-state index in [4.69, 9.17) is 4.74 Å². The summed E-state index contributed by atoms with van der Waals surface area (Å²) in [6.45, 7) is 0.648. The van der Waals surface area contributed by atoms with E-state index in [0.29, 0.717) is 35.9 Å². The lowest BCUT2D eigenvalue weighted by Gasteiger charge is -2.27. The molecule has 0 spiro atoms. The van der Waals surface area contributed by atoms with Gasteiger partial charge in [-0.2, -0.15) is 0 Å². The quantitative estimate of drug-likeness (QED) is 0.716. The number of amides is 1. The third-order valence-corrected chi connectivity index (χ3v) is 4.16. The van der Waals surface area contributed by atoms with Crippen LogP contribution in [0.1, 0.15) is 11.5 Å². The van der Waals surface area contributed by atoms with Crippen molar-refractivity contribution in [3.05, 3.63) is 77.9 Å². The highest BCUT2D eigenvalue weighted by molar-refractivity contribution is 5.94. The van der Waals surface area contributed by atoms with Crippen molar-refractivity contribution in [1.29, 1.82) is 0 Å². The van der Waals surface area contributed by atoms with Crippen LogP contribution in [0, 0.1) is 11.6 Å². The molecule has 5 nitrogen and oxygen atoms in total. The number of rotatable bonds is 4. The Morgan fingerprint density at radius 2 is 1.65 bits per heavy atom. The third kappa shape index (κ3) is 3.15. The molecular formula is C19H15F2N3O2. The largest absolute Gasteiger partial charge is 0.487 e. The Balaban J connectivity index is 1.49. The lowest BCUT2D eigenvalue weighted by molar-refractivity contribution is 0.245. The minimum absolute atomic E-state index is 0.176. The summed E-state index contributed by atoms with van der Waals surface area (Å²) in [4.78, 5) is 18.7. The van der Waals surface area contributed by atoms with E-state index in [1.54, 1.807) is 23.2 Å². The topological polar surface area (TPSA) is 47.4 Å². The molecule has 1 aromatic heterocycles. The van der Waals surface area contributed by atoms with Crippen LogP contribution < -0.4 is 9.64 Å². The number of carbonyl (C=O) groups is 1. The monoisotopic (exact) mass is 355 g/mol. The Hall–Kier alpha value is -3.22. The molecule has 0 bridgehead atoms. The smallest absolute Gasteiger partial charge is 0.334 e. The van der Waals surface area contributed by atoms with Crippen LogP contribution in [0.2, 0.25) is 0 Å². The Morgan fingerprint density at radius 3 is 2.35 bits per heavy atom. The van der Waals surface area contributed by atoms with Gasteiger partial charge in [-0.15, -0.1) is 0 Å². The highest BCUT2D eigenvalue weighted by Crippen LogP contribution is 2.22. The predicted molar refractivity (Wildman–Crippen MR) is 91.2 cm³/mol. The fourth-order valence-electron chi connectivity index (χ4n) is 2.87. The first-order valence-electron chi connectivity index (χ1n) is 8.13. The summed E-state index contributed by atoms with van der Waals surface area (Å²) in [5.41, 5.74) is 1.25. The molecule has 4 rings (SSSR count). The molecule has 7 heteroatoms. The fourth-order valence-corrected chi connectivity index (χ4v) is 2.87. The molecule has 0 N–H and O–H groups in total. The number of halogens is 2. The van der Waals surface area contributed by atoms with Gasteiger partial charge in [0.1, 0.15) is 29.8 Å². The van der Waals surface area contributed by atoms with Crippen LogP contribution in [-0.4, -0.2) is 22.1 Å². The molecule has 3 aromatic rings. The van der Waals surface area contributed by atoms with Crippen molar-refractivity contribution in [3.63, 3.8) is 0 Å². The van der Waals surface area contributed by atoms with E-state index in [2.05, 4.69) is 4.98 Å². The average molecular weight is 355 g/mol. The van der Waals surface area contributed by atoms with Crippen LogP contribution in [0.5, 0.6) is 5.75 Å². The van der Waals surface area contributed by atoms with Gasteiger partial charge in [0.25, 0.3) is 0 Å². The summed E-state index contributed by atoms with van der Waals surface area (Å²) in [6.07, 6.45) is 2.22. The van der Waals surface area contributed by atoms with Crippen molar-refractivity contribution in [2.24, 2.45) is 0 Å². The summed E-state index contributed by atoms with van der Waals surface area (Å²) >= 11 is 0. The number of nitrogens with zero attached hydrogens (tertiary/aromatic N) is 3. The first-order valence-corrected chi connectivity index (χ1v) is 8.13. The SMILES string of the molecule is O=C1N(c2ccc(F)cc2)CCc2nc(COc3ccc(F)cc3)cn21. The molecule has 132 valence electrons. The van der Waals surface area contributed by atoms with Crippen LogP contribution in [0.15, 0.2) is 54.7 Å². The Labute approximate surface area is 148 Å². The molecule has 26 heavy (non-hydrogen) atoms. The minimum Gasteiger partial charge on any atom is -0.487 e. The number of anilines is 1. The number of fused-ring (bicyclic) bond motifs is 1. The van der Waals surface area contributed by atoms with Crippen molar-refractivity contribution in [1.82, 2.24) is 9.55 Å². The summed E-state index contributed by atoms with van der Waals surface area (Å²) in [5.74, 6) is 0.505. The van der Waals surface area contributed by atoms with E-state index < -0.39 is 0 Å². The van der Waals surface area contributed by atoms with Crippen LogP contribution in [0.25, 0.3) is 0 Å². The number of imidazole rings is 1. The highest BCUT2D eigenvalue weighted by Gasteiger charge is 2.26. The number of carbonyl (C=O) groups excluding carboxylic acids is 1. The van der Waals surface area contributed by atoms with Crippen molar-refractivity contribution in [2.75, 3.05) is 11.4 Å². The van der Waals surface area contributed by atoms with Crippen molar-refractivity contribution in [2.45, 2.75) is 13.0 Å². The van der Waals surface area contributed by atoms with Crippen molar-refractivity contribution < 1.29 is 18.3 Å². The van der Waals surface area contributed by atoms with Crippen LogP contribution in [-0.2, 0) is 13.0 Å². The fraction of sp³-hybridized carbons (Fsp3) is 0.158. The van der Waals surface area contributed by atoms with E-state index in [0.717, 1.165) is 0 Å². The van der Waals surface area contributed by atoms with E-state index in [1.165, 1.54) is 41.0 Å². The molecular weight excluding hydrogens is 340 g/mol. The molecule has 0 saturated heterocycles. The third-order valence-electron chi connectivity index (χ3n) is 4.16. The molecule has 2 heterocycles. The van der Waals surface area contributed by atoms with Gasteiger partial charge in [-0.3, -0.25) is 9.47 Å². The molecule has 0 saturated carbocycles. The molecule has 0 fully saturated rings. The van der Waals surface area contributed by atoms with Gasteiger partial charge in [-0.1, -0.05) is 0 Å². The first-order chi connectivity index (χ1) is 12.6. The van der Waals surface area contributed by atoms with Gasteiger partial charge >= 0.3 is 6.03 Å². The predicted octanol–water partition coefficient (Wildman–Crippen LogP) is 3.77. The van der Waals surface area contributed by atoms with Gasteiger partial charge in [0.15, 0.2) is 0 Å². The van der Waals surface area contributed by atoms with Crippen molar-refractivity contribution in [3.8, 4) is 5.75 Å². The molecule has 1 aliphatic heterocycles. The zero-order valence-electron chi connectivity index (χ0n) is 13.7. The number of hydrogen-bond acceptors (Lipinski definition) is 3. The molecule has 0 unspecified atom stereocenters. The van der Waals surface area contributed by atoms with E-state index in [9.17, 15) is 13.6 Å². The molecule has 0 atom stereocenters. The van der Waals surface area contributed by atoms with Gasteiger partial charge in [0.05, 0.1) is 5.69 Å². The van der Waals surface area contributed by atoms with Crippen LogP contribution in [0.3, 0.4) is 0 Å². The summed E-state index contributed by atoms with van der Waals surface area (Å²) in [7, 11) is 0. The van der Waals surface area contributed by atoms with E-state index in [1.807, 2.05) is 0 Å². The zero-order chi connectivity index (χ0) is 18.1. The lowest BCUT2D eigenvalue weighted by atomic mass is 10.2. The van der Waals surface area contributed by atoms with Crippen LogP contribution >= 0.6 is 0 Å². The number of ether oxygens (including phenoxy) is 1. The highest BCUT2D eigenvalue weighted by atomic mass is 19.1. The van der Waals surface area contributed by atoms with E-state index >= 15 is 0 Å². The second-order valence-corrected chi connectivity index (χ2v) is 5.92. The maximum absolute atomic E-state index is 13.1. The van der Waals surface area contributed by atoms with Gasteiger partial charge < -0.3 is 4.74 Å². The minimum atomic E-state index is -0.346. The number of aromatic nitrogens is 2. The molecule has 0 aliphatic carbocycles. The maximum atomic E-state index is 13.1. The van der Waals surface area contributed by atoms with Gasteiger partial charge in [0.2, 0.25) is 0 Å². The Bertz CT molecular complexity index is 936. The second kappa shape index (κ2) is 6.59. The molecule has 1 aliphatic rings. The average Bonchev–Trinajstić information content (AvgIpc) is 3.07. The normalized spacial score (nSPS) is 13.6.